The van der Waals surface area contributed by atoms with Crippen molar-refractivity contribution in [1.29, 1.82) is 0 Å². The summed E-state index contributed by atoms with van der Waals surface area (Å²) in [5, 5.41) is 3.13. The predicted octanol–water partition coefficient (Wildman–Crippen LogP) is 2.88. The number of nitrogens with zero attached hydrogens (tertiary/aromatic N) is 2. The Morgan fingerprint density at radius 1 is 1.15 bits per heavy atom. The summed E-state index contributed by atoms with van der Waals surface area (Å²) in [5.74, 6) is 0.716. The van der Waals surface area contributed by atoms with Gasteiger partial charge in [-0.2, -0.15) is 0 Å². The maximum Gasteiger partial charge on any atom is 0.128 e. The number of hydrogen-bond donors (Lipinski definition) is 1. The number of aromatic nitrogens is 1. The molecule has 0 aliphatic carbocycles. The van der Waals surface area contributed by atoms with E-state index in [4.69, 9.17) is 0 Å². The molecule has 3 nitrogen and oxygen atoms in total. The van der Waals surface area contributed by atoms with Gasteiger partial charge in [0.2, 0.25) is 0 Å². The third-order valence-electron chi connectivity index (χ3n) is 3.27. The van der Waals surface area contributed by atoms with E-state index in [1.54, 1.807) is 12.1 Å². The Morgan fingerprint density at radius 2 is 1.85 bits per heavy atom. The predicted molar refractivity (Wildman–Crippen MR) is 80.2 cm³/mol. The van der Waals surface area contributed by atoms with Gasteiger partial charge in [-0.15, -0.1) is 0 Å². The number of nitrogens with one attached hydrogen (secondary N) is 1. The van der Waals surface area contributed by atoms with Gasteiger partial charge in [0.15, 0.2) is 0 Å². The fourth-order valence-corrected chi connectivity index (χ4v) is 2.11. The summed E-state index contributed by atoms with van der Waals surface area (Å²) in [5.41, 5.74) is 3.29. The first-order valence-corrected chi connectivity index (χ1v) is 6.67. The smallest absolute Gasteiger partial charge is 0.128 e. The van der Waals surface area contributed by atoms with E-state index in [2.05, 4.69) is 21.3 Å². The largest absolute Gasteiger partial charge is 0.355 e. The van der Waals surface area contributed by atoms with Gasteiger partial charge in [-0.3, -0.25) is 0 Å². The zero-order valence-electron chi connectivity index (χ0n) is 12.2. The Kier molecular flexibility index (Phi) is 4.69. The number of aryl methyl sites for hydroxylation is 1. The number of halogens is 1. The first kappa shape index (κ1) is 14.5. The fourth-order valence-electron chi connectivity index (χ4n) is 2.11. The SMILES string of the molecule is CNCc1ccc(N(C)Cc2ccc(F)cc2)nc1C. The third kappa shape index (κ3) is 3.54. The second-order valence-electron chi connectivity index (χ2n) is 4.93. The van der Waals surface area contributed by atoms with Crippen LogP contribution in [0, 0.1) is 12.7 Å². The molecule has 0 radical (unpaired) electrons. The Labute approximate surface area is 119 Å². The quantitative estimate of drug-likeness (QED) is 0.908. The molecule has 20 heavy (non-hydrogen) atoms. The molecule has 0 saturated heterocycles. The summed E-state index contributed by atoms with van der Waals surface area (Å²) >= 11 is 0. The van der Waals surface area contributed by atoms with Gasteiger partial charge in [-0.1, -0.05) is 18.2 Å². The topological polar surface area (TPSA) is 28.2 Å². The van der Waals surface area contributed by atoms with Crippen molar-refractivity contribution in [1.82, 2.24) is 10.3 Å². The highest BCUT2D eigenvalue weighted by atomic mass is 19.1. The molecule has 0 aliphatic rings. The van der Waals surface area contributed by atoms with Crippen LogP contribution in [0.2, 0.25) is 0 Å². The van der Waals surface area contributed by atoms with Crippen LogP contribution in [0.4, 0.5) is 10.2 Å². The number of pyridine rings is 1. The van der Waals surface area contributed by atoms with Gasteiger partial charge in [0.25, 0.3) is 0 Å². The fraction of sp³-hybridized carbons (Fsp3) is 0.312. The molecule has 0 amide bonds. The van der Waals surface area contributed by atoms with Crippen molar-refractivity contribution in [2.75, 3.05) is 19.0 Å². The molecule has 1 aromatic heterocycles. The van der Waals surface area contributed by atoms with E-state index in [1.807, 2.05) is 27.1 Å². The average Bonchev–Trinajstić information content (AvgIpc) is 2.44. The zero-order chi connectivity index (χ0) is 14.5. The van der Waals surface area contributed by atoms with E-state index in [0.29, 0.717) is 6.54 Å². The molecule has 2 rings (SSSR count). The van der Waals surface area contributed by atoms with Gasteiger partial charge in [0.1, 0.15) is 11.6 Å². The Hall–Kier alpha value is -1.94. The van der Waals surface area contributed by atoms with Crippen molar-refractivity contribution < 1.29 is 4.39 Å². The summed E-state index contributed by atoms with van der Waals surface area (Å²) < 4.78 is 12.9. The van der Waals surface area contributed by atoms with E-state index in [-0.39, 0.29) is 5.82 Å². The second kappa shape index (κ2) is 6.48. The normalized spacial score (nSPS) is 10.6. The lowest BCUT2D eigenvalue weighted by Gasteiger charge is -2.19. The molecule has 1 aromatic carbocycles. The van der Waals surface area contributed by atoms with E-state index >= 15 is 0 Å². The van der Waals surface area contributed by atoms with Crippen molar-refractivity contribution in [3.63, 3.8) is 0 Å². The van der Waals surface area contributed by atoms with Crippen molar-refractivity contribution in [3.8, 4) is 0 Å². The van der Waals surface area contributed by atoms with Gasteiger partial charge >= 0.3 is 0 Å². The molecule has 2 aromatic rings. The molecular formula is C16H20FN3. The van der Waals surface area contributed by atoms with Crippen LogP contribution < -0.4 is 10.2 Å². The van der Waals surface area contributed by atoms with Crippen molar-refractivity contribution in [2.45, 2.75) is 20.0 Å². The first-order chi connectivity index (χ1) is 9.60. The Morgan fingerprint density at radius 3 is 2.45 bits per heavy atom. The number of rotatable bonds is 5. The van der Waals surface area contributed by atoms with E-state index < -0.39 is 0 Å². The summed E-state index contributed by atoms with van der Waals surface area (Å²) in [6.07, 6.45) is 0. The van der Waals surface area contributed by atoms with Crippen LogP contribution >= 0.6 is 0 Å². The molecule has 0 atom stereocenters. The van der Waals surface area contributed by atoms with Gasteiger partial charge in [-0.05, 0) is 43.3 Å². The van der Waals surface area contributed by atoms with Crippen molar-refractivity contribution in [3.05, 3.63) is 59.0 Å². The van der Waals surface area contributed by atoms with Crippen LogP contribution in [0.15, 0.2) is 36.4 Å². The highest BCUT2D eigenvalue weighted by molar-refractivity contribution is 5.41. The van der Waals surface area contributed by atoms with Crippen LogP contribution in [0.25, 0.3) is 0 Å². The lowest BCUT2D eigenvalue weighted by molar-refractivity contribution is 0.627. The standard InChI is InChI=1S/C16H20FN3/c1-12-14(10-18-2)6-9-16(19-12)20(3)11-13-4-7-15(17)8-5-13/h4-9,18H,10-11H2,1-3H3. The van der Waals surface area contributed by atoms with Crippen molar-refractivity contribution in [2.24, 2.45) is 0 Å². The third-order valence-corrected chi connectivity index (χ3v) is 3.27. The summed E-state index contributed by atoms with van der Waals surface area (Å²) in [7, 11) is 3.91. The van der Waals surface area contributed by atoms with E-state index in [0.717, 1.165) is 23.6 Å². The minimum absolute atomic E-state index is 0.207. The first-order valence-electron chi connectivity index (χ1n) is 6.67. The van der Waals surface area contributed by atoms with Crippen LogP contribution in [0.1, 0.15) is 16.8 Å². The summed E-state index contributed by atoms with van der Waals surface area (Å²) in [6, 6.07) is 10.7. The number of hydrogen-bond acceptors (Lipinski definition) is 3. The monoisotopic (exact) mass is 273 g/mol. The highest BCUT2D eigenvalue weighted by Crippen LogP contribution is 2.16. The molecule has 0 unspecified atom stereocenters. The van der Waals surface area contributed by atoms with Gasteiger partial charge in [0.05, 0.1) is 0 Å². The van der Waals surface area contributed by atoms with Gasteiger partial charge < -0.3 is 10.2 Å². The minimum atomic E-state index is -0.207. The molecule has 0 saturated carbocycles. The molecular weight excluding hydrogens is 253 g/mol. The van der Waals surface area contributed by atoms with Gasteiger partial charge in [0, 0.05) is 25.8 Å². The summed E-state index contributed by atoms with van der Waals surface area (Å²) in [4.78, 5) is 6.68. The molecule has 4 heteroatoms. The van der Waals surface area contributed by atoms with Crippen LogP contribution in [0.5, 0.6) is 0 Å². The molecule has 0 aliphatic heterocycles. The van der Waals surface area contributed by atoms with Crippen LogP contribution in [0.3, 0.4) is 0 Å². The van der Waals surface area contributed by atoms with E-state index in [9.17, 15) is 4.39 Å². The molecule has 0 spiro atoms. The second-order valence-corrected chi connectivity index (χ2v) is 4.93. The zero-order valence-corrected chi connectivity index (χ0v) is 12.2. The molecule has 0 bridgehead atoms. The average molecular weight is 273 g/mol. The number of anilines is 1. The summed E-state index contributed by atoms with van der Waals surface area (Å²) in [6.45, 7) is 3.54. The van der Waals surface area contributed by atoms with Crippen molar-refractivity contribution >= 4 is 5.82 Å². The maximum atomic E-state index is 12.9. The molecule has 1 heterocycles. The van der Waals surface area contributed by atoms with Gasteiger partial charge in [-0.25, -0.2) is 9.37 Å². The molecule has 106 valence electrons. The minimum Gasteiger partial charge on any atom is -0.355 e. The lowest BCUT2D eigenvalue weighted by atomic mass is 10.2. The molecule has 1 N–H and O–H groups in total. The lowest BCUT2D eigenvalue weighted by Crippen LogP contribution is -2.18. The van der Waals surface area contributed by atoms with E-state index in [1.165, 1.54) is 17.7 Å². The Bertz CT molecular complexity index is 566. The molecule has 0 fully saturated rings. The Balaban J connectivity index is 2.10. The van der Waals surface area contributed by atoms with Crippen LogP contribution in [-0.4, -0.2) is 19.1 Å². The maximum absolute atomic E-state index is 12.9. The number of benzene rings is 1. The van der Waals surface area contributed by atoms with Crippen LogP contribution in [-0.2, 0) is 13.1 Å². The highest BCUT2D eigenvalue weighted by Gasteiger charge is 2.06.